The zero-order valence-corrected chi connectivity index (χ0v) is 17.2. The Morgan fingerprint density at radius 1 is 0.966 bits per heavy atom. The maximum atomic E-state index is 10.7. The van der Waals surface area contributed by atoms with Gasteiger partial charge in [0.2, 0.25) is 0 Å². The lowest BCUT2D eigenvalue weighted by Crippen LogP contribution is -2.36. The molecule has 2 N–H and O–H groups in total. The molecule has 29 heavy (non-hydrogen) atoms. The van der Waals surface area contributed by atoms with Gasteiger partial charge >= 0.3 is 5.97 Å². The van der Waals surface area contributed by atoms with Crippen molar-refractivity contribution in [3.63, 3.8) is 0 Å². The first kappa shape index (κ1) is 22.3. The number of hydrogen-bond donors (Lipinski definition) is 2. The number of aryl methyl sites for hydroxylation is 1. The molecule has 2 aromatic carbocycles. The van der Waals surface area contributed by atoms with Gasteiger partial charge in [-0.15, -0.1) is 0 Å². The fourth-order valence-corrected chi connectivity index (χ4v) is 2.56. The number of aliphatic carboxylic acids is 1. The molecule has 0 unspecified atom stereocenters. The van der Waals surface area contributed by atoms with Crippen LogP contribution in [0.15, 0.2) is 65.1 Å². The Morgan fingerprint density at radius 3 is 1.97 bits per heavy atom. The molecule has 1 aromatic heterocycles. The van der Waals surface area contributed by atoms with Gasteiger partial charge in [-0.25, -0.2) is 4.98 Å². The van der Waals surface area contributed by atoms with Crippen LogP contribution >= 0.6 is 0 Å². The van der Waals surface area contributed by atoms with Crippen LogP contribution in [0.5, 0.6) is 0 Å². The van der Waals surface area contributed by atoms with Gasteiger partial charge in [0.25, 0.3) is 0 Å². The molecule has 6 nitrogen and oxygen atoms in total. The predicted octanol–water partition coefficient (Wildman–Crippen LogP) is 3.71. The Bertz CT molecular complexity index is 827. The summed E-state index contributed by atoms with van der Waals surface area (Å²) in [5, 5.41) is 17.2. The molecular weight excluding hydrogens is 368 g/mol. The number of likely N-dealkylation sites (N-methyl/N-ethyl adjacent to an activating group) is 1. The van der Waals surface area contributed by atoms with E-state index in [1.165, 1.54) is 0 Å². The lowest BCUT2D eigenvalue weighted by molar-refractivity contribution is -0.870. The average Bonchev–Trinajstić information content (AvgIpc) is 3.12. The summed E-state index contributed by atoms with van der Waals surface area (Å²) in [4.78, 5) is 15.2. The van der Waals surface area contributed by atoms with E-state index in [4.69, 9.17) is 14.6 Å². The highest BCUT2D eigenvalue weighted by atomic mass is 16.4. The second-order valence-electron chi connectivity index (χ2n) is 7.65. The van der Waals surface area contributed by atoms with Crippen LogP contribution in [0.3, 0.4) is 0 Å². The standard InChI is InChI=1S/C18H15NO3.C5H14NO/c20-16(21)12-11-15-19-17(13-7-3-1-4-8-13)18(22-15)14-9-5-2-6-10-14;1-6(2,3)4-5-7/h1-10H,11-12H2,(H,20,21);7H,4-5H2,1-3H3/q;+1. The van der Waals surface area contributed by atoms with Gasteiger partial charge in [-0.3, -0.25) is 4.79 Å². The highest BCUT2D eigenvalue weighted by Gasteiger charge is 2.17. The second kappa shape index (κ2) is 10.5. The number of benzene rings is 2. The molecule has 0 aliphatic heterocycles. The molecule has 3 aromatic rings. The minimum atomic E-state index is -0.860. The van der Waals surface area contributed by atoms with Crippen LogP contribution in [0.1, 0.15) is 12.3 Å². The fraction of sp³-hybridized carbons (Fsp3) is 0.304. The third-order valence-electron chi connectivity index (χ3n) is 4.08. The quantitative estimate of drug-likeness (QED) is 0.594. The lowest BCUT2D eigenvalue weighted by Gasteiger charge is -2.21. The molecule has 0 aliphatic rings. The number of carboxylic acid groups (broad SMARTS) is 1. The third kappa shape index (κ3) is 7.52. The smallest absolute Gasteiger partial charge is 0.303 e. The molecule has 0 bridgehead atoms. The summed E-state index contributed by atoms with van der Waals surface area (Å²) in [6, 6.07) is 19.5. The van der Waals surface area contributed by atoms with E-state index in [0.29, 0.717) is 11.7 Å². The number of aliphatic hydroxyl groups excluding tert-OH is 1. The Hall–Kier alpha value is -2.96. The molecule has 0 saturated heterocycles. The number of quaternary nitrogens is 1. The van der Waals surface area contributed by atoms with Crippen LogP contribution in [0.2, 0.25) is 0 Å². The average molecular weight is 397 g/mol. The molecule has 0 saturated carbocycles. The Balaban J connectivity index is 0.000000370. The lowest BCUT2D eigenvalue weighted by atomic mass is 10.1. The van der Waals surface area contributed by atoms with E-state index in [-0.39, 0.29) is 19.4 Å². The van der Waals surface area contributed by atoms with Crippen LogP contribution in [0.4, 0.5) is 0 Å². The molecule has 154 valence electrons. The number of aliphatic hydroxyl groups is 1. The van der Waals surface area contributed by atoms with E-state index in [9.17, 15) is 4.79 Å². The van der Waals surface area contributed by atoms with Crippen molar-refractivity contribution in [3.05, 3.63) is 66.6 Å². The van der Waals surface area contributed by atoms with Crippen LogP contribution in [0.25, 0.3) is 22.6 Å². The van der Waals surface area contributed by atoms with Crippen molar-refractivity contribution >= 4 is 5.97 Å². The van der Waals surface area contributed by atoms with E-state index in [1.54, 1.807) is 0 Å². The van der Waals surface area contributed by atoms with Gasteiger partial charge in [-0.05, 0) is 0 Å². The van der Waals surface area contributed by atoms with Crippen molar-refractivity contribution in [1.29, 1.82) is 0 Å². The molecule has 0 spiro atoms. The van der Waals surface area contributed by atoms with Gasteiger partial charge in [0.1, 0.15) is 12.2 Å². The van der Waals surface area contributed by atoms with Crippen LogP contribution < -0.4 is 0 Å². The number of rotatable bonds is 7. The number of nitrogens with zero attached hydrogens (tertiary/aromatic N) is 2. The van der Waals surface area contributed by atoms with Crippen LogP contribution in [-0.4, -0.2) is 59.9 Å². The zero-order valence-electron chi connectivity index (χ0n) is 17.2. The van der Waals surface area contributed by atoms with Crippen LogP contribution in [0, 0.1) is 0 Å². The summed E-state index contributed by atoms with van der Waals surface area (Å²) >= 11 is 0. The minimum Gasteiger partial charge on any atom is -0.481 e. The summed E-state index contributed by atoms with van der Waals surface area (Å²) in [6.45, 7) is 1.11. The van der Waals surface area contributed by atoms with Gasteiger partial charge in [-0.2, -0.15) is 0 Å². The van der Waals surface area contributed by atoms with Crippen molar-refractivity contribution in [3.8, 4) is 22.6 Å². The Morgan fingerprint density at radius 2 is 1.52 bits per heavy atom. The highest BCUT2D eigenvalue weighted by molar-refractivity contribution is 5.76. The third-order valence-corrected chi connectivity index (χ3v) is 4.08. The predicted molar refractivity (Wildman–Crippen MR) is 113 cm³/mol. The van der Waals surface area contributed by atoms with Crippen molar-refractivity contribution in [2.75, 3.05) is 34.3 Å². The first-order chi connectivity index (χ1) is 13.8. The van der Waals surface area contributed by atoms with Gasteiger partial charge in [0, 0.05) is 17.5 Å². The molecule has 0 radical (unpaired) electrons. The summed E-state index contributed by atoms with van der Waals surface area (Å²) in [5.41, 5.74) is 2.62. The molecule has 1 heterocycles. The van der Waals surface area contributed by atoms with E-state index in [1.807, 2.05) is 60.7 Å². The number of aromatic nitrogens is 1. The summed E-state index contributed by atoms with van der Waals surface area (Å²) < 4.78 is 6.67. The first-order valence-electron chi connectivity index (χ1n) is 9.54. The van der Waals surface area contributed by atoms with Crippen molar-refractivity contribution in [1.82, 2.24) is 4.98 Å². The summed E-state index contributed by atoms with van der Waals surface area (Å²) in [5.74, 6) is 0.257. The minimum absolute atomic E-state index is 0.00295. The molecular formula is C23H29N2O4+. The zero-order chi connectivity index (χ0) is 21.3. The van der Waals surface area contributed by atoms with Gasteiger partial charge in [-0.1, -0.05) is 60.7 Å². The van der Waals surface area contributed by atoms with Crippen LogP contribution in [-0.2, 0) is 11.2 Å². The summed E-state index contributed by atoms with van der Waals surface area (Å²) in [7, 11) is 6.16. The SMILES string of the molecule is C[N+](C)(C)CCO.O=C(O)CCc1nc(-c2ccccc2)c(-c2ccccc2)o1. The Labute approximate surface area is 171 Å². The number of oxazole rings is 1. The molecule has 6 heteroatoms. The summed E-state index contributed by atoms with van der Waals surface area (Å²) in [6.07, 6.45) is 0.283. The fourth-order valence-electron chi connectivity index (χ4n) is 2.56. The topological polar surface area (TPSA) is 83.6 Å². The van der Waals surface area contributed by atoms with Crippen molar-refractivity contribution < 1.29 is 23.9 Å². The second-order valence-corrected chi connectivity index (χ2v) is 7.65. The number of carboxylic acids is 1. The largest absolute Gasteiger partial charge is 0.481 e. The van der Waals surface area contributed by atoms with Gasteiger partial charge < -0.3 is 19.1 Å². The maximum Gasteiger partial charge on any atom is 0.303 e. The Kier molecular flexibility index (Phi) is 8.12. The van der Waals surface area contributed by atoms with E-state index in [2.05, 4.69) is 26.1 Å². The van der Waals surface area contributed by atoms with E-state index >= 15 is 0 Å². The number of carbonyl (C=O) groups is 1. The van der Waals surface area contributed by atoms with E-state index < -0.39 is 5.97 Å². The van der Waals surface area contributed by atoms with E-state index in [0.717, 1.165) is 27.8 Å². The molecule has 0 fully saturated rings. The molecule has 0 amide bonds. The first-order valence-corrected chi connectivity index (χ1v) is 9.54. The molecule has 3 rings (SSSR count). The normalized spacial score (nSPS) is 10.9. The molecule has 0 atom stereocenters. The highest BCUT2D eigenvalue weighted by Crippen LogP contribution is 2.32. The number of hydrogen-bond acceptors (Lipinski definition) is 4. The van der Waals surface area contributed by atoms with Crippen molar-refractivity contribution in [2.24, 2.45) is 0 Å². The molecule has 0 aliphatic carbocycles. The van der Waals surface area contributed by atoms with Gasteiger partial charge in [0.15, 0.2) is 11.7 Å². The maximum absolute atomic E-state index is 10.7. The van der Waals surface area contributed by atoms with Gasteiger partial charge in [0.05, 0.1) is 34.2 Å². The monoisotopic (exact) mass is 397 g/mol. The van der Waals surface area contributed by atoms with Crippen molar-refractivity contribution in [2.45, 2.75) is 12.8 Å².